The van der Waals surface area contributed by atoms with Crippen molar-refractivity contribution < 1.29 is 32.9 Å². The molecule has 3 atom stereocenters. The number of amides is 1. The zero-order valence-electron chi connectivity index (χ0n) is 43.5. The number of quaternary nitrogens is 1. The number of unbranched alkanes of at least 4 members (excludes halogenated alkanes) is 31. The van der Waals surface area contributed by atoms with Crippen LogP contribution in [-0.4, -0.2) is 73.4 Å². The van der Waals surface area contributed by atoms with Gasteiger partial charge in [-0.15, -0.1) is 0 Å². The SMILES string of the molecule is CC/C=C\C/C=C\C/C=C\CCCCCC(=O)NC(COP(=O)(O)OCC[N+](C)(C)C)C(O)/C=C/CCCCCCCCCCCCCCCCCCCCCCCCCCCCCC. The van der Waals surface area contributed by atoms with E-state index in [4.69, 9.17) is 9.05 Å². The Balaban J connectivity index is 4.12. The van der Waals surface area contributed by atoms with Gasteiger partial charge >= 0.3 is 7.82 Å². The number of nitrogens with one attached hydrogen (secondary N) is 1. The number of hydrogen-bond acceptors (Lipinski definition) is 5. The lowest BCUT2D eigenvalue weighted by molar-refractivity contribution is -0.870. The van der Waals surface area contributed by atoms with Gasteiger partial charge in [0.2, 0.25) is 5.91 Å². The number of allylic oxidation sites excluding steroid dienone is 7. The minimum Gasteiger partial charge on any atom is -0.387 e. The van der Waals surface area contributed by atoms with E-state index in [2.05, 4.69) is 55.6 Å². The van der Waals surface area contributed by atoms with Gasteiger partial charge in [-0.2, -0.15) is 0 Å². The number of phosphoric acid groups is 1. The summed E-state index contributed by atoms with van der Waals surface area (Å²) in [7, 11) is 1.55. The van der Waals surface area contributed by atoms with E-state index in [-0.39, 0.29) is 19.1 Å². The fourth-order valence-electron chi connectivity index (χ4n) is 8.00. The molecule has 1 amide bonds. The Morgan fingerprint density at radius 1 is 0.538 bits per heavy atom. The summed E-state index contributed by atoms with van der Waals surface area (Å²) in [5, 5.41) is 13.9. The van der Waals surface area contributed by atoms with Gasteiger partial charge in [0.15, 0.2) is 0 Å². The topological polar surface area (TPSA) is 105 Å². The predicted octanol–water partition coefficient (Wildman–Crippen LogP) is 16.4. The van der Waals surface area contributed by atoms with Crippen LogP contribution in [0.15, 0.2) is 48.6 Å². The number of likely N-dealkylation sites (N-methyl/N-ethyl adjacent to an activating group) is 1. The summed E-state index contributed by atoms with van der Waals surface area (Å²) in [6, 6.07) is -0.863. The lowest BCUT2D eigenvalue weighted by Crippen LogP contribution is -2.45. The number of phosphoric ester groups is 1. The monoisotopic (exact) mass is 936 g/mol. The van der Waals surface area contributed by atoms with Crippen LogP contribution in [0.3, 0.4) is 0 Å². The molecule has 3 N–H and O–H groups in total. The average molecular weight is 936 g/mol. The van der Waals surface area contributed by atoms with Gasteiger partial charge in [0.25, 0.3) is 0 Å². The first-order valence-corrected chi connectivity index (χ1v) is 29.0. The number of carbonyl (C=O) groups excluding carboxylic acids is 1. The molecule has 0 saturated heterocycles. The van der Waals surface area contributed by atoms with Crippen molar-refractivity contribution >= 4 is 13.7 Å². The normalized spacial score (nSPS) is 14.4. The van der Waals surface area contributed by atoms with Crippen molar-refractivity contribution in [3.63, 3.8) is 0 Å². The van der Waals surface area contributed by atoms with Gasteiger partial charge in [-0.3, -0.25) is 13.8 Å². The number of hydrogen-bond donors (Lipinski definition) is 3. The first-order valence-electron chi connectivity index (χ1n) is 27.5. The Morgan fingerprint density at radius 2 is 0.923 bits per heavy atom. The molecule has 0 aromatic carbocycles. The van der Waals surface area contributed by atoms with Crippen molar-refractivity contribution in [2.45, 2.75) is 264 Å². The summed E-state index contributed by atoms with van der Waals surface area (Å²) in [4.78, 5) is 23.2. The van der Waals surface area contributed by atoms with Crippen molar-refractivity contribution in [3.05, 3.63) is 48.6 Å². The molecule has 0 spiro atoms. The van der Waals surface area contributed by atoms with Crippen molar-refractivity contribution in [1.29, 1.82) is 0 Å². The van der Waals surface area contributed by atoms with Crippen molar-refractivity contribution in [2.75, 3.05) is 40.9 Å². The number of rotatable bonds is 50. The van der Waals surface area contributed by atoms with E-state index >= 15 is 0 Å². The maximum atomic E-state index is 12.9. The number of aliphatic hydroxyl groups excluding tert-OH is 1. The molecule has 0 aliphatic rings. The zero-order valence-corrected chi connectivity index (χ0v) is 44.4. The van der Waals surface area contributed by atoms with Crippen molar-refractivity contribution in [2.24, 2.45) is 0 Å². The van der Waals surface area contributed by atoms with E-state index in [0.717, 1.165) is 64.2 Å². The fourth-order valence-corrected chi connectivity index (χ4v) is 8.73. The summed E-state index contributed by atoms with van der Waals surface area (Å²) >= 11 is 0. The Kier molecular flexibility index (Phi) is 46.4. The molecule has 9 heteroatoms. The second-order valence-corrected chi connectivity index (χ2v) is 21.4. The van der Waals surface area contributed by atoms with Gasteiger partial charge in [-0.1, -0.05) is 242 Å². The molecule has 0 rings (SSSR count). The summed E-state index contributed by atoms with van der Waals surface area (Å²) in [5.74, 6) is -0.205. The molecule has 0 heterocycles. The quantitative estimate of drug-likeness (QED) is 0.0243. The highest BCUT2D eigenvalue weighted by atomic mass is 31.2. The van der Waals surface area contributed by atoms with Gasteiger partial charge in [0.1, 0.15) is 13.2 Å². The molecule has 0 aliphatic heterocycles. The molecular formula is C56H108N2O6P+. The molecular weight excluding hydrogens is 828 g/mol. The largest absolute Gasteiger partial charge is 0.472 e. The lowest BCUT2D eigenvalue weighted by Gasteiger charge is -2.25. The molecule has 0 radical (unpaired) electrons. The second-order valence-electron chi connectivity index (χ2n) is 19.9. The molecule has 0 aliphatic carbocycles. The Bertz CT molecular complexity index is 1200. The van der Waals surface area contributed by atoms with Crippen LogP contribution in [0.4, 0.5) is 0 Å². The third kappa shape index (κ3) is 50.2. The van der Waals surface area contributed by atoms with Crippen LogP contribution in [0.5, 0.6) is 0 Å². The van der Waals surface area contributed by atoms with E-state index in [1.54, 1.807) is 6.08 Å². The minimum atomic E-state index is -4.35. The highest BCUT2D eigenvalue weighted by molar-refractivity contribution is 7.47. The first-order chi connectivity index (χ1) is 31.5. The summed E-state index contributed by atoms with van der Waals surface area (Å²) in [6.45, 7) is 4.69. The standard InChI is InChI=1S/C56H107N2O6P/c1-6-8-10-12-14-16-18-20-21-22-23-24-25-26-27-28-29-30-31-32-33-34-35-36-38-39-41-43-45-47-49-55(59)54(53-64-65(61,62)63-52-51-58(3,4)5)57-56(60)50-48-46-44-42-40-37-19-17-15-13-11-9-7-2/h9,11,15,17,37,40,47,49,54-55,59H,6-8,10,12-14,16,18-36,38-39,41-46,48,50-53H2,1-5H3,(H-,57,60,61,62)/p+1/b11-9-,17-15-,40-37-,49-47+. The van der Waals surface area contributed by atoms with Crippen LogP contribution in [-0.2, 0) is 18.4 Å². The number of aliphatic hydroxyl groups is 1. The summed E-state index contributed by atoms with van der Waals surface area (Å²) in [5.41, 5.74) is 0. The molecule has 0 bridgehead atoms. The third-order valence-electron chi connectivity index (χ3n) is 12.3. The van der Waals surface area contributed by atoms with E-state index in [1.807, 2.05) is 27.2 Å². The molecule has 382 valence electrons. The van der Waals surface area contributed by atoms with Crippen molar-refractivity contribution in [3.8, 4) is 0 Å². The van der Waals surface area contributed by atoms with Crippen LogP contribution >= 0.6 is 7.82 Å². The Labute approximate surface area is 403 Å². The maximum absolute atomic E-state index is 12.9. The van der Waals surface area contributed by atoms with Gasteiger partial charge in [-0.25, -0.2) is 4.57 Å². The van der Waals surface area contributed by atoms with Gasteiger partial charge in [0.05, 0.1) is 39.9 Å². The lowest BCUT2D eigenvalue weighted by atomic mass is 10.0. The third-order valence-corrected chi connectivity index (χ3v) is 13.3. The van der Waals surface area contributed by atoms with Crippen molar-refractivity contribution in [1.82, 2.24) is 5.32 Å². The molecule has 8 nitrogen and oxygen atoms in total. The number of carbonyl (C=O) groups is 1. The molecule has 0 saturated carbocycles. The highest BCUT2D eigenvalue weighted by Crippen LogP contribution is 2.43. The van der Waals surface area contributed by atoms with E-state index < -0.39 is 20.0 Å². The molecule has 0 fully saturated rings. The predicted molar refractivity (Wildman–Crippen MR) is 281 cm³/mol. The van der Waals surface area contributed by atoms with Gasteiger partial charge in [-0.05, 0) is 51.4 Å². The summed E-state index contributed by atoms with van der Waals surface area (Å²) in [6.07, 6.45) is 62.3. The van der Waals surface area contributed by atoms with E-state index in [0.29, 0.717) is 17.4 Å². The fraction of sp³-hybridized carbons (Fsp3) is 0.839. The Morgan fingerprint density at radius 3 is 1.35 bits per heavy atom. The van der Waals surface area contributed by atoms with E-state index in [9.17, 15) is 19.4 Å². The highest BCUT2D eigenvalue weighted by Gasteiger charge is 2.27. The van der Waals surface area contributed by atoms with Crippen LogP contribution in [0, 0.1) is 0 Å². The van der Waals surface area contributed by atoms with Crippen LogP contribution in [0.1, 0.15) is 251 Å². The molecule has 3 unspecified atom stereocenters. The molecule has 65 heavy (non-hydrogen) atoms. The minimum absolute atomic E-state index is 0.0545. The van der Waals surface area contributed by atoms with Crippen LogP contribution in [0.2, 0.25) is 0 Å². The molecule has 0 aromatic rings. The van der Waals surface area contributed by atoms with E-state index in [1.165, 1.54) is 167 Å². The van der Waals surface area contributed by atoms with Gasteiger partial charge in [0, 0.05) is 6.42 Å². The maximum Gasteiger partial charge on any atom is 0.472 e. The zero-order chi connectivity index (χ0) is 47.8. The number of nitrogens with zero attached hydrogens (tertiary/aromatic N) is 1. The second kappa shape index (κ2) is 47.5. The molecule has 0 aromatic heterocycles. The summed E-state index contributed by atoms with van der Waals surface area (Å²) < 4.78 is 23.6. The van der Waals surface area contributed by atoms with Crippen LogP contribution < -0.4 is 5.32 Å². The van der Waals surface area contributed by atoms with Gasteiger partial charge < -0.3 is 19.8 Å². The first kappa shape index (κ1) is 63.5. The smallest absolute Gasteiger partial charge is 0.387 e. The van der Waals surface area contributed by atoms with Crippen LogP contribution in [0.25, 0.3) is 0 Å². The average Bonchev–Trinajstić information content (AvgIpc) is 3.26. The Hall–Kier alpha value is -1.54.